The molecule has 1 unspecified atom stereocenters. The van der Waals surface area contributed by atoms with Gasteiger partial charge in [0.05, 0.1) is 0 Å². The number of nitrogens with zero attached hydrogens (tertiary/aromatic N) is 1. The number of carboxylic acid groups (broad SMARTS) is 1. The average molecular weight is 225 g/mol. The SMILES string of the molecule is CN(CC(C(=O)O)C(F)(F)F)C1CCC1. The Hall–Kier alpha value is -0.780. The van der Waals surface area contributed by atoms with E-state index in [-0.39, 0.29) is 6.04 Å². The normalized spacial score (nSPS) is 20.1. The maximum Gasteiger partial charge on any atom is 0.403 e. The van der Waals surface area contributed by atoms with Crippen LogP contribution in [0.15, 0.2) is 0 Å². The van der Waals surface area contributed by atoms with Crippen molar-refractivity contribution in [3.8, 4) is 0 Å². The van der Waals surface area contributed by atoms with Crippen LogP contribution in [0.4, 0.5) is 13.2 Å². The summed E-state index contributed by atoms with van der Waals surface area (Å²) >= 11 is 0. The lowest BCUT2D eigenvalue weighted by molar-refractivity contribution is -0.197. The summed E-state index contributed by atoms with van der Waals surface area (Å²) in [5.41, 5.74) is 0. The van der Waals surface area contributed by atoms with Crippen molar-refractivity contribution in [1.29, 1.82) is 0 Å². The third kappa shape index (κ3) is 3.09. The van der Waals surface area contributed by atoms with Crippen molar-refractivity contribution in [1.82, 2.24) is 4.90 Å². The quantitative estimate of drug-likeness (QED) is 0.792. The van der Waals surface area contributed by atoms with Crippen molar-refractivity contribution >= 4 is 5.97 Å². The van der Waals surface area contributed by atoms with Crippen molar-refractivity contribution in [3.63, 3.8) is 0 Å². The molecular formula is C9H14F3NO2. The number of rotatable bonds is 4. The predicted molar refractivity (Wildman–Crippen MR) is 47.4 cm³/mol. The summed E-state index contributed by atoms with van der Waals surface area (Å²) in [7, 11) is 1.55. The highest BCUT2D eigenvalue weighted by atomic mass is 19.4. The fourth-order valence-electron chi connectivity index (χ4n) is 1.59. The Morgan fingerprint density at radius 1 is 1.53 bits per heavy atom. The second-order valence-corrected chi connectivity index (χ2v) is 3.96. The number of carbonyl (C=O) groups is 1. The lowest BCUT2D eigenvalue weighted by Gasteiger charge is -2.36. The topological polar surface area (TPSA) is 40.5 Å². The summed E-state index contributed by atoms with van der Waals surface area (Å²) in [6.45, 7) is -0.455. The third-order valence-corrected chi connectivity index (χ3v) is 2.86. The Bertz CT molecular complexity index is 238. The summed E-state index contributed by atoms with van der Waals surface area (Å²) < 4.78 is 36.9. The van der Waals surface area contributed by atoms with E-state index in [1.165, 1.54) is 4.90 Å². The zero-order valence-corrected chi connectivity index (χ0v) is 8.42. The van der Waals surface area contributed by atoms with Crippen LogP contribution < -0.4 is 0 Å². The molecule has 88 valence electrons. The van der Waals surface area contributed by atoms with Crippen LogP contribution in [0.25, 0.3) is 0 Å². The Kier molecular flexibility index (Phi) is 3.59. The highest BCUT2D eigenvalue weighted by Gasteiger charge is 2.46. The number of hydrogen-bond donors (Lipinski definition) is 1. The molecule has 1 aliphatic rings. The van der Waals surface area contributed by atoms with Gasteiger partial charge in [-0.25, -0.2) is 0 Å². The van der Waals surface area contributed by atoms with Crippen LogP contribution in [0.3, 0.4) is 0 Å². The number of carboxylic acids is 1. The summed E-state index contributed by atoms with van der Waals surface area (Å²) in [6, 6.07) is 0.120. The Balaban J connectivity index is 2.54. The number of aliphatic carboxylic acids is 1. The van der Waals surface area contributed by atoms with E-state index in [1.54, 1.807) is 7.05 Å². The summed E-state index contributed by atoms with van der Waals surface area (Å²) in [5, 5.41) is 8.48. The molecule has 1 aliphatic carbocycles. The van der Waals surface area contributed by atoms with Crippen molar-refractivity contribution in [2.75, 3.05) is 13.6 Å². The zero-order valence-electron chi connectivity index (χ0n) is 8.42. The van der Waals surface area contributed by atoms with Crippen molar-refractivity contribution in [2.24, 2.45) is 5.92 Å². The maximum atomic E-state index is 12.3. The second kappa shape index (κ2) is 4.38. The minimum absolute atomic E-state index is 0.120. The van der Waals surface area contributed by atoms with E-state index >= 15 is 0 Å². The largest absolute Gasteiger partial charge is 0.481 e. The molecule has 0 aliphatic heterocycles. The molecule has 1 rings (SSSR count). The van der Waals surface area contributed by atoms with Gasteiger partial charge in [0.15, 0.2) is 5.92 Å². The van der Waals surface area contributed by atoms with Crippen molar-refractivity contribution < 1.29 is 23.1 Å². The molecule has 15 heavy (non-hydrogen) atoms. The Morgan fingerprint density at radius 3 is 2.33 bits per heavy atom. The molecule has 0 aromatic heterocycles. The Labute approximate surface area is 85.9 Å². The summed E-state index contributed by atoms with van der Waals surface area (Å²) in [6.07, 6.45) is -1.93. The molecule has 1 N–H and O–H groups in total. The molecule has 0 saturated heterocycles. The van der Waals surface area contributed by atoms with E-state index in [2.05, 4.69) is 0 Å². The first-order valence-electron chi connectivity index (χ1n) is 4.82. The van der Waals surface area contributed by atoms with Crippen LogP contribution in [0, 0.1) is 5.92 Å². The molecule has 0 amide bonds. The van der Waals surface area contributed by atoms with Gasteiger partial charge in [-0.05, 0) is 19.9 Å². The first-order valence-corrected chi connectivity index (χ1v) is 4.82. The maximum absolute atomic E-state index is 12.3. The van der Waals surface area contributed by atoms with Gasteiger partial charge < -0.3 is 10.0 Å². The van der Waals surface area contributed by atoms with Crippen LogP contribution in [0.5, 0.6) is 0 Å². The van der Waals surface area contributed by atoms with Gasteiger partial charge in [0, 0.05) is 12.6 Å². The van der Waals surface area contributed by atoms with E-state index in [1.807, 2.05) is 0 Å². The molecule has 0 spiro atoms. The lowest BCUT2D eigenvalue weighted by atomic mass is 9.91. The van der Waals surface area contributed by atoms with Crippen LogP contribution in [-0.4, -0.2) is 41.8 Å². The molecule has 1 saturated carbocycles. The number of hydrogen-bond acceptors (Lipinski definition) is 2. The first-order chi connectivity index (χ1) is 6.82. The highest BCUT2D eigenvalue weighted by molar-refractivity contribution is 5.71. The Morgan fingerprint density at radius 2 is 2.07 bits per heavy atom. The van der Waals surface area contributed by atoms with Gasteiger partial charge in [-0.15, -0.1) is 0 Å². The number of halogens is 3. The lowest BCUT2D eigenvalue weighted by Crippen LogP contribution is -2.45. The van der Waals surface area contributed by atoms with Crippen molar-refractivity contribution in [3.05, 3.63) is 0 Å². The predicted octanol–water partition coefficient (Wildman–Crippen LogP) is 1.73. The van der Waals surface area contributed by atoms with Gasteiger partial charge in [0.25, 0.3) is 0 Å². The summed E-state index contributed by atoms with van der Waals surface area (Å²) in [5.74, 6) is -4.07. The standard InChI is InChI=1S/C9H14F3NO2/c1-13(6-3-2-4-6)5-7(8(14)15)9(10,11)12/h6-7H,2-5H2,1H3,(H,14,15). The van der Waals surface area contributed by atoms with Gasteiger partial charge in [0.2, 0.25) is 0 Å². The first kappa shape index (κ1) is 12.3. The molecule has 6 heteroatoms. The van der Waals surface area contributed by atoms with E-state index in [0.717, 1.165) is 19.3 Å². The van der Waals surface area contributed by atoms with E-state index in [0.29, 0.717) is 0 Å². The van der Waals surface area contributed by atoms with Gasteiger partial charge in [0.1, 0.15) is 0 Å². The minimum Gasteiger partial charge on any atom is -0.481 e. The molecule has 0 bridgehead atoms. The fraction of sp³-hybridized carbons (Fsp3) is 0.889. The van der Waals surface area contributed by atoms with E-state index < -0.39 is 24.6 Å². The smallest absolute Gasteiger partial charge is 0.403 e. The fourth-order valence-corrected chi connectivity index (χ4v) is 1.59. The minimum atomic E-state index is -4.66. The second-order valence-electron chi connectivity index (χ2n) is 3.96. The molecule has 0 aromatic carbocycles. The van der Waals surface area contributed by atoms with Crippen LogP contribution in [-0.2, 0) is 4.79 Å². The molecule has 0 radical (unpaired) electrons. The molecule has 0 aromatic rings. The van der Waals surface area contributed by atoms with E-state index in [9.17, 15) is 18.0 Å². The van der Waals surface area contributed by atoms with Gasteiger partial charge in [-0.1, -0.05) is 6.42 Å². The number of alkyl halides is 3. The van der Waals surface area contributed by atoms with Crippen LogP contribution in [0.1, 0.15) is 19.3 Å². The molecule has 1 fully saturated rings. The van der Waals surface area contributed by atoms with Gasteiger partial charge >= 0.3 is 12.1 Å². The van der Waals surface area contributed by atoms with Gasteiger partial charge in [-0.3, -0.25) is 4.79 Å². The molecular weight excluding hydrogens is 211 g/mol. The zero-order chi connectivity index (χ0) is 11.6. The third-order valence-electron chi connectivity index (χ3n) is 2.86. The van der Waals surface area contributed by atoms with Crippen LogP contribution in [0.2, 0.25) is 0 Å². The molecule has 3 nitrogen and oxygen atoms in total. The van der Waals surface area contributed by atoms with Crippen LogP contribution >= 0.6 is 0 Å². The molecule has 0 heterocycles. The van der Waals surface area contributed by atoms with Crippen molar-refractivity contribution in [2.45, 2.75) is 31.5 Å². The van der Waals surface area contributed by atoms with E-state index in [4.69, 9.17) is 5.11 Å². The van der Waals surface area contributed by atoms with Gasteiger partial charge in [-0.2, -0.15) is 13.2 Å². The summed E-state index contributed by atoms with van der Waals surface area (Å²) in [4.78, 5) is 12.0. The monoisotopic (exact) mass is 225 g/mol. The molecule has 1 atom stereocenters. The average Bonchev–Trinajstić information content (AvgIpc) is 1.93. The highest BCUT2D eigenvalue weighted by Crippen LogP contribution is 2.30.